The maximum absolute atomic E-state index is 12.7. The number of amides is 1. The fourth-order valence-corrected chi connectivity index (χ4v) is 4.26. The summed E-state index contributed by atoms with van der Waals surface area (Å²) in [5, 5.41) is 9.01. The minimum Gasteiger partial charge on any atom is -0.481 e. The highest BCUT2D eigenvalue weighted by Gasteiger charge is 2.57. The molecule has 1 N–H and O–H groups in total. The number of rotatable bonds is 4. The lowest BCUT2D eigenvalue weighted by Crippen LogP contribution is -2.38. The molecule has 0 aromatic heterocycles. The van der Waals surface area contributed by atoms with Crippen LogP contribution in [0.15, 0.2) is 0 Å². The molecule has 2 aliphatic carbocycles. The first-order valence-electron chi connectivity index (χ1n) is 7.67. The number of methoxy groups -OCH3 is 1. The molecule has 0 spiro atoms. The number of carbonyl (C=O) groups is 2. The largest absolute Gasteiger partial charge is 0.481 e. The number of carbonyl (C=O) groups excluding carboxylic acids is 1. The molecule has 3 rings (SSSR count). The van der Waals surface area contributed by atoms with Gasteiger partial charge in [0.05, 0.1) is 12.5 Å². The van der Waals surface area contributed by atoms with Crippen molar-refractivity contribution in [3.8, 4) is 0 Å². The molecule has 0 radical (unpaired) electrons. The van der Waals surface area contributed by atoms with Crippen LogP contribution in [0.1, 0.15) is 38.5 Å². The van der Waals surface area contributed by atoms with Crippen LogP contribution in [0, 0.1) is 17.8 Å². The van der Waals surface area contributed by atoms with Crippen LogP contribution in [0.2, 0.25) is 0 Å². The van der Waals surface area contributed by atoms with Crippen LogP contribution < -0.4 is 0 Å². The zero-order valence-corrected chi connectivity index (χ0v) is 12.0. The highest BCUT2D eigenvalue weighted by Crippen LogP contribution is 2.56. The standard InChI is InChI=1S/C15H23NO4/c1-20-10-6-9(7-13(17)18)16(8-10)15(19)14-11-4-2-3-5-12(11)14/h9-12,14H,2-8H2,1H3,(H,17,18). The van der Waals surface area contributed by atoms with E-state index in [0.29, 0.717) is 24.8 Å². The number of nitrogens with zero attached hydrogens (tertiary/aromatic N) is 1. The lowest BCUT2D eigenvalue weighted by atomic mass is 10.0. The molecule has 5 nitrogen and oxygen atoms in total. The number of aliphatic carboxylic acids is 1. The van der Waals surface area contributed by atoms with Crippen LogP contribution in [-0.2, 0) is 14.3 Å². The van der Waals surface area contributed by atoms with Crippen molar-refractivity contribution in [1.29, 1.82) is 0 Å². The lowest BCUT2D eigenvalue weighted by molar-refractivity contribution is -0.140. The minimum atomic E-state index is -0.835. The van der Waals surface area contributed by atoms with E-state index < -0.39 is 5.97 Å². The van der Waals surface area contributed by atoms with Gasteiger partial charge < -0.3 is 14.7 Å². The zero-order chi connectivity index (χ0) is 14.3. The molecule has 1 aliphatic heterocycles. The number of carboxylic acids is 1. The van der Waals surface area contributed by atoms with Gasteiger partial charge >= 0.3 is 5.97 Å². The summed E-state index contributed by atoms with van der Waals surface area (Å²) in [5.74, 6) is 0.668. The highest BCUT2D eigenvalue weighted by atomic mass is 16.5. The number of hydrogen-bond acceptors (Lipinski definition) is 3. The predicted octanol–water partition coefficient (Wildman–Crippen LogP) is 1.51. The third-order valence-corrected chi connectivity index (χ3v) is 5.34. The maximum atomic E-state index is 12.7. The number of ether oxygens (including phenoxy) is 1. The molecule has 1 amide bonds. The van der Waals surface area contributed by atoms with Crippen LogP contribution in [0.25, 0.3) is 0 Å². The lowest BCUT2D eigenvalue weighted by Gasteiger charge is -2.23. The molecular weight excluding hydrogens is 258 g/mol. The van der Waals surface area contributed by atoms with Gasteiger partial charge in [-0.3, -0.25) is 9.59 Å². The van der Waals surface area contributed by atoms with Crippen LogP contribution in [0.5, 0.6) is 0 Å². The van der Waals surface area contributed by atoms with Crippen LogP contribution >= 0.6 is 0 Å². The fraction of sp³-hybridized carbons (Fsp3) is 0.867. The van der Waals surface area contributed by atoms with Crippen molar-refractivity contribution in [2.45, 2.75) is 50.7 Å². The van der Waals surface area contributed by atoms with Crippen LogP contribution in [0.4, 0.5) is 0 Å². The molecule has 4 atom stereocenters. The van der Waals surface area contributed by atoms with Gasteiger partial charge in [-0.15, -0.1) is 0 Å². The number of carboxylic acid groups (broad SMARTS) is 1. The van der Waals surface area contributed by atoms with Gasteiger partial charge in [-0.2, -0.15) is 0 Å². The van der Waals surface area contributed by atoms with E-state index in [-0.39, 0.29) is 30.4 Å². The Labute approximate surface area is 119 Å². The molecule has 20 heavy (non-hydrogen) atoms. The summed E-state index contributed by atoms with van der Waals surface area (Å²) in [6, 6.07) is -0.187. The molecule has 1 heterocycles. The number of likely N-dealkylation sites (tertiary alicyclic amines) is 1. The molecule has 3 aliphatic rings. The maximum Gasteiger partial charge on any atom is 0.305 e. The van der Waals surface area contributed by atoms with Crippen LogP contribution in [0.3, 0.4) is 0 Å². The summed E-state index contributed by atoms with van der Waals surface area (Å²) in [6.45, 7) is 0.559. The Morgan fingerprint density at radius 1 is 1.25 bits per heavy atom. The average Bonchev–Trinajstić information content (AvgIpc) is 3.02. The van der Waals surface area contributed by atoms with E-state index in [0.717, 1.165) is 0 Å². The van der Waals surface area contributed by atoms with Gasteiger partial charge in [-0.25, -0.2) is 0 Å². The molecule has 0 bridgehead atoms. The number of hydrogen-bond donors (Lipinski definition) is 1. The molecule has 112 valence electrons. The first-order chi connectivity index (χ1) is 9.61. The first-order valence-corrected chi connectivity index (χ1v) is 7.67. The topological polar surface area (TPSA) is 66.8 Å². The Balaban J connectivity index is 1.67. The van der Waals surface area contributed by atoms with Crippen molar-refractivity contribution in [3.05, 3.63) is 0 Å². The van der Waals surface area contributed by atoms with Gasteiger partial charge in [0.2, 0.25) is 5.91 Å². The monoisotopic (exact) mass is 281 g/mol. The predicted molar refractivity (Wildman–Crippen MR) is 72.1 cm³/mol. The van der Waals surface area contributed by atoms with E-state index >= 15 is 0 Å². The summed E-state index contributed by atoms with van der Waals surface area (Å²) in [5.41, 5.74) is 0. The van der Waals surface area contributed by atoms with E-state index in [1.54, 1.807) is 12.0 Å². The van der Waals surface area contributed by atoms with Crippen LogP contribution in [-0.4, -0.2) is 47.7 Å². The summed E-state index contributed by atoms with van der Waals surface area (Å²) in [7, 11) is 1.63. The van der Waals surface area contributed by atoms with Gasteiger partial charge in [-0.1, -0.05) is 12.8 Å². The Hall–Kier alpha value is -1.10. The Kier molecular flexibility index (Phi) is 3.71. The average molecular weight is 281 g/mol. The smallest absolute Gasteiger partial charge is 0.305 e. The van der Waals surface area contributed by atoms with Crippen molar-refractivity contribution in [2.24, 2.45) is 17.8 Å². The molecular formula is C15H23NO4. The van der Waals surface area contributed by atoms with Gasteiger partial charge in [0.25, 0.3) is 0 Å². The van der Waals surface area contributed by atoms with E-state index in [2.05, 4.69) is 0 Å². The van der Waals surface area contributed by atoms with Gasteiger partial charge in [0.1, 0.15) is 0 Å². The quantitative estimate of drug-likeness (QED) is 0.848. The molecule has 3 fully saturated rings. The SMILES string of the molecule is COC1CC(CC(=O)O)N(C(=O)C2C3CCCCC32)C1. The first kappa shape index (κ1) is 13.9. The summed E-state index contributed by atoms with van der Waals surface area (Å²) >= 11 is 0. The van der Waals surface area contributed by atoms with E-state index in [4.69, 9.17) is 9.84 Å². The van der Waals surface area contributed by atoms with E-state index in [1.807, 2.05) is 0 Å². The molecule has 0 aromatic rings. The highest BCUT2D eigenvalue weighted by molar-refractivity contribution is 5.83. The second-order valence-corrected chi connectivity index (χ2v) is 6.47. The molecule has 2 saturated carbocycles. The Bertz CT molecular complexity index is 399. The summed E-state index contributed by atoms with van der Waals surface area (Å²) in [6.07, 6.45) is 5.50. The normalized spacial score (nSPS) is 39.5. The molecule has 5 heteroatoms. The fourth-order valence-electron chi connectivity index (χ4n) is 4.26. The third kappa shape index (κ3) is 2.43. The second-order valence-electron chi connectivity index (χ2n) is 6.47. The van der Waals surface area contributed by atoms with Crippen molar-refractivity contribution >= 4 is 11.9 Å². The minimum absolute atomic E-state index is 0.0101. The van der Waals surface area contributed by atoms with Gasteiger partial charge in [0.15, 0.2) is 0 Å². The second kappa shape index (κ2) is 5.35. The molecule has 4 unspecified atom stereocenters. The summed E-state index contributed by atoms with van der Waals surface area (Å²) < 4.78 is 5.34. The van der Waals surface area contributed by atoms with E-state index in [9.17, 15) is 9.59 Å². The van der Waals surface area contributed by atoms with Crippen molar-refractivity contribution in [1.82, 2.24) is 4.90 Å². The summed E-state index contributed by atoms with van der Waals surface area (Å²) in [4.78, 5) is 25.5. The van der Waals surface area contributed by atoms with Crippen molar-refractivity contribution < 1.29 is 19.4 Å². The van der Waals surface area contributed by atoms with E-state index in [1.165, 1.54) is 25.7 Å². The third-order valence-electron chi connectivity index (χ3n) is 5.34. The van der Waals surface area contributed by atoms with Gasteiger partial charge in [-0.05, 0) is 31.1 Å². The van der Waals surface area contributed by atoms with Crippen molar-refractivity contribution in [2.75, 3.05) is 13.7 Å². The molecule has 0 aromatic carbocycles. The van der Waals surface area contributed by atoms with Crippen molar-refractivity contribution in [3.63, 3.8) is 0 Å². The number of fused-ring (bicyclic) bond motifs is 1. The Morgan fingerprint density at radius 3 is 2.45 bits per heavy atom. The van der Waals surface area contributed by atoms with Gasteiger partial charge in [0, 0.05) is 25.6 Å². The molecule has 1 saturated heterocycles. The Morgan fingerprint density at radius 2 is 1.90 bits per heavy atom. The zero-order valence-electron chi connectivity index (χ0n) is 12.0.